The number of carbonyl (C=O) groups excluding carboxylic acids is 2. The maximum Gasteiger partial charge on any atom is 0.302 e. The quantitative estimate of drug-likeness (QED) is 0.733. The van der Waals surface area contributed by atoms with Crippen molar-refractivity contribution in [3.63, 3.8) is 0 Å². The maximum atomic E-state index is 12.4. The monoisotopic (exact) mass is 404 g/mol. The van der Waals surface area contributed by atoms with Gasteiger partial charge in [-0.2, -0.15) is 0 Å². The second kappa shape index (κ2) is 7.91. The molecular formula is C21H28N2O4S. The molecule has 0 bridgehead atoms. The van der Waals surface area contributed by atoms with Crippen molar-refractivity contribution >= 4 is 34.0 Å². The fraction of sp³-hybridized carbons (Fsp3) is 0.476. The van der Waals surface area contributed by atoms with Crippen LogP contribution in [0.4, 0.5) is 10.8 Å². The molecule has 1 aromatic carbocycles. The molecule has 7 heteroatoms. The molecule has 0 unspecified atom stereocenters. The van der Waals surface area contributed by atoms with Crippen LogP contribution in [0, 0.1) is 0 Å². The first-order chi connectivity index (χ1) is 12.8. The minimum absolute atomic E-state index is 0.111. The molecule has 1 aromatic heterocycles. The van der Waals surface area contributed by atoms with E-state index in [1.165, 1.54) is 30.1 Å². The minimum Gasteiger partial charge on any atom is -0.507 e. The number of hydrogen-bond acceptors (Lipinski definition) is 6. The van der Waals surface area contributed by atoms with E-state index in [1.807, 2.05) is 46.1 Å². The molecule has 1 N–H and O–H groups in total. The maximum absolute atomic E-state index is 12.4. The fourth-order valence-electron chi connectivity index (χ4n) is 2.95. The highest BCUT2D eigenvalue weighted by molar-refractivity contribution is 7.13. The van der Waals surface area contributed by atoms with Crippen molar-refractivity contribution in [2.45, 2.75) is 59.3 Å². The molecule has 0 aliphatic carbocycles. The third kappa shape index (κ3) is 4.70. The Hall–Kier alpha value is -2.41. The Morgan fingerprint density at radius 3 is 2.21 bits per heavy atom. The number of rotatable bonds is 5. The molecule has 0 fully saturated rings. The molecule has 0 atom stereocenters. The van der Waals surface area contributed by atoms with Gasteiger partial charge >= 0.3 is 5.97 Å². The zero-order valence-corrected chi connectivity index (χ0v) is 18.3. The molecule has 152 valence electrons. The second-order valence-corrected chi connectivity index (χ2v) is 9.35. The summed E-state index contributed by atoms with van der Waals surface area (Å²) in [6.45, 7) is 12.7. The van der Waals surface area contributed by atoms with Crippen molar-refractivity contribution in [2.24, 2.45) is 0 Å². The second-order valence-electron chi connectivity index (χ2n) is 8.47. The van der Waals surface area contributed by atoms with E-state index in [1.54, 1.807) is 12.3 Å². The average molecular weight is 405 g/mol. The zero-order valence-electron chi connectivity index (χ0n) is 17.5. The molecule has 0 spiro atoms. The standard InChI is InChI=1S/C21H28N2O4S/c1-13(24)23(19-22-8-9-28-19)15-10-16(20(3,4)5)18(26)17(11-15)21(6,7)12-27-14(2)25/h8-11,26H,12H2,1-7H3. The van der Waals surface area contributed by atoms with E-state index in [0.29, 0.717) is 21.9 Å². The summed E-state index contributed by atoms with van der Waals surface area (Å²) in [6.07, 6.45) is 1.65. The van der Waals surface area contributed by atoms with Crippen LogP contribution in [0.3, 0.4) is 0 Å². The van der Waals surface area contributed by atoms with Gasteiger partial charge in [0.2, 0.25) is 5.91 Å². The fourth-order valence-corrected chi connectivity index (χ4v) is 3.65. The van der Waals surface area contributed by atoms with E-state index >= 15 is 0 Å². The van der Waals surface area contributed by atoms with Crippen LogP contribution in [0.15, 0.2) is 23.7 Å². The number of phenols is 1. The van der Waals surface area contributed by atoms with Crippen molar-refractivity contribution in [2.75, 3.05) is 11.5 Å². The predicted molar refractivity (Wildman–Crippen MR) is 111 cm³/mol. The largest absolute Gasteiger partial charge is 0.507 e. The van der Waals surface area contributed by atoms with Crippen LogP contribution in [0.5, 0.6) is 5.75 Å². The summed E-state index contributed by atoms with van der Waals surface area (Å²) in [6, 6.07) is 3.60. The molecular weight excluding hydrogens is 376 g/mol. The first-order valence-electron chi connectivity index (χ1n) is 9.06. The lowest BCUT2D eigenvalue weighted by molar-refractivity contribution is -0.142. The third-order valence-electron chi connectivity index (χ3n) is 4.45. The number of carbonyl (C=O) groups is 2. The number of nitrogens with zero attached hydrogens (tertiary/aromatic N) is 2. The summed E-state index contributed by atoms with van der Waals surface area (Å²) in [5, 5.41) is 13.4. The normalized spacial score (nSPS) is 12.0. The van der Waals surface area contributed by atoms with Crippen LogP contribution >= 0.6 is 11.3 Å². The number of anilines is 2. The Morgan fingerprint density at radius 2 is 1.75 bits per heavy atom. The van der Waals surface area contributed by atoms with Crippen molar-refractivity contribution in [3.8, 4) is 5.75 Å². The highest BCUT2D eigenvalue weighted by Gasteiger charge is 2.32. The predicted octanol–water partition coefficient (Wildman–Crippen LogP) is 4.67. The van der Waals surface area contributed by atoms with Gasteiger partial charge in [-0.15, -0.1) is 11.3 Å². The third-order valence-corrected chi connectivity index (χ3v) is 5.21. The van der Waals surface area contributed by atoms with E-state index < -0.39 is 5.41 Å². The molecule has 2 aromatic rings. The molecule has 0 radical (unpaired) electrons. The van der Waals surface area contributed by atoms with Crippen LogP contribution in [0.2, 0.25) is 0 Å². The molecule has 2 rings (SSSR count). The molecule has 0 aliphatic heterocycles. The minimum atomic E-state index is -0.656. The number of amides is 1. The molecule has 0 saturated heterocycles. The van der Waals surface area contributed by atoms with Gasteiger partial charge in [-0.1, -0.05) is 34.6 Å². The molecule has 0 saturated carbocycles. The summed E-state index contributed by atoms with van der Waals surface area (Å²) >= 11 is 1.36. The lowest BCUT2D eigenvalue weighted by Gasteiger charge is -2.31. The van der Waals surface area contributed by atoms with Crippen LogP contribution in [0.1, 0.15) is 59.6 Å². The summed E-state index contributed by atoms with van der Waals surface area (Å²) in [7, 11) is 0. The SMILES string of the molecule is CC(=O)OCC(C)(C)c1cc(N(C(C)=O)c2nccs2)cc(C(C)(C)C)c1O. The van der Waals surface area contributed by atoms with Gasteiger partial charge in [0, 0.05) is 42.0 Å². The summed E-state index contributed by atoms with van der Waals surface area (Å²) in [4.78, 5) is 29.5. The van der Waals surface area contributed by atoms with Gasteiger partial charge in [0.1, 0.15) is 12.4 Å². The smallest absolute Gasteiger partial charge is 0.302 e. The molecule has 6 nitrogen and oxygen atoms in total. The first-order valence-corrected chi connectivity index (χ1v) is 9.94. The van der Waals surface area contributed by atoms with Gasteiger partial charge in [-0.05, 0) is 17.5 Å². The Morgan fingerprint density at radius 1 is 1.14 bits per heavy atom. The zero-order chi connectivity index (χ0) is 21.3. The van der Waals surface area contributed by atoms with E-state index in [4.69, 9.17) is 4.74 Å². The number of esters is 1. The number of ether oxygens (including phenoxy) is 1. The Kier molecular flexibility index (Phi) is 6.18. The summed E-state index contributed by atoms with van der Waals surface area (Å²) in [5.41, 5.74) is 0.920. The topological polar surface area (TPSA) is 79.7 Å². The van der Waals surface area contributed by atoms with Gasteiger partial charge < -0.3 is 9.84 Å². The van der Waals surface area contributed by atoms with Gasteiger partial charge in [0.15, 0.2) is 5.13 Å². The molecule has 28 heavy (non-hydrogen) atoms. The average Bonchev–Trinajstić information content (AvgIpc) is 3.07. The molecule has 0 aliphatic rings. The lowest BCUT2D eigenvalue weighted by Crippen LogP contribution is -2.29. The van der Waals surface area contributed by atoms with Crippen LogP contribution in [0.25, 0.3) is 0 Å². The van der Waals surface area contributed by atoms with Crippen molar-refractivity contribution < 1.29 is 19.4 Å². The number of thiazole rings is 1. The van der Waals surface area contributed by atoms with Gasteiger partial charge in [-0.25, -0.2) is 4.98 Å². The Bertz CT molecular complexity index is 867. The molecule has 1 amide bonds. The van der Waals surface area contributed by atoms with Crippen LogP contribution in [-0.4, -0.2) is 28.6 Å². The van der Waals surface area contributed by atoms with E-state index in [0.717, 1.165) is 0 Å². The number of aromatic hydroxyl groups is 1. The number of aromatic nitrogens is 1. The highest BCUT2D eigenvalue weighted by atomic mass is 32.1. The van der Waals surface area contributed by atoms with E-state index in [2.05, 4.69) is 4.98 Å². The Labute approximate surface area is 170 Å². The Balaban J connectivity index is 2.71. The number of phenolic OH excluding ortho intramolecular Hbond substituents is 1. The van der Waals surface area contributed by atoms with E-state index in [9.17, 15) is 14.7 Å². The van der Waals surface area contributed by atoms with Gasteiger partial charge in [0.05, 0.1) is 5.69 Å². The van der Waals surface area contributed by atoms with Gasteiger partial charge in [-0.3, -0.25) is 14.5 Å². The summed E-state index contributed by atoms with van der Waals surface area (Å²) < 4.78 is 5.22. The molecule has 1 heterocycles. The number of hydrogen-bond donors (Lipinski definition) is 1. The van der Waals surface area contributed by atoms with Crippen LogP contribution < -0.4 is 4.90 Å². The van der Waals surface area contributed by atoms with E-state index in [-0.39, 0.29) is 29.6 Å². The van der Waals surface area contributed by atoms with Crippen LogP contribution in [-0.2, 0) is 25.2 Å². The van der Waals surface area contributed by atoms with Crippen molar-refractivity contribution in [1.82, 2.24) is 4.98 Å². The first kappa shape index (κ1) is 21.9. The van der Waals surface area contributed by atoms with Crippen molar-refractivity contribution in [3.05, 3.63) is 34.8 Å². The lowest BCUT2D eigenvalue weighted by atomic mass is 9.78. The number of benzene rings is 1. The highest BCUT2D eigenvalue weighted by Crippen LogP contribution is 2.43. The van der Waals surface area contributed by atoms with Gasteiger partial charge in [0.25, 0.3) is 0 Å². The van der Waals surface area contributed by atoms with Crippen molar-refractivity contribution in [1.29, 1.82) is 0 Å². The summed E-state index contributed by atoms with van der Waals surface area (Å²) in [5.74, 6) is -0.409.